The van der Waals surface area contributed by atoms with Gasteiger partial charge in [0.05, 0.1) is 11.2 Å². The van der Waals surface area contributed by atoms with Crippen LogP contribution in [0.5, 0.6) is 0 Å². The first-order valence-electron chi connectivity index (χ1n) is 6.53. The van der Waals surface area contributed by atoms with E-state index in [0.717, 1.165) is 18.2 Å². The van der Waals surface area contributed by atoms with Crippen molar-refractivity contribution in [2.24, 2.45) is 0 Å². The highest BCUT2D eigenvalue weighted by molar-refractivity contribution is 5.74. The zero-order valence-electron chi connectivity index (χ0n) is 11.5. The molecule has 21 heavy (non-hydrogen) atoms. The van der Waals surface area contributed by atoms with Crippen LogP contribution in [-0.4, -0.2) is 14.1 Å². The van der Waals surface area contributed by atoms with E-state index in [1.54, 1.807) is 18.3 Å². The fourth-order valence-electron chi connectivity index (χ4n) is 2.43. The van der Waals surface area contributed by atoms with E-state index in [2.05, 4.69) is 4.98 Å². The molecular formula is C15H13F2N3O. The average Bonchev–Trinajstić information content (AvgIpc) is 2.69. The molecule has 0 aliphatic heterocycles. The van der Waals surface area contributed by atoms with Gasteiger partial charge in [-0.15, -0.1) is 0 Å². The highest BCUT2D eigenvalue weighted by atomic mass is 19.1. The Kier molecular flexibility index (Phi) is 3.08. The number of fused-ring (bicyclic) bond motifs is 1. The van der Waals surface area contributed by atoms with Crippen molar-refractivity contribution in [1.82, 2.24) is 14.1 Å². The van der Waals surface area contributed by atoms with Crippen LogP contribution in [0.1, 0.15) is 19.9 Å². The third kappa shape index (κ3) is 2.12. The maximum Gasteiger partial charge on any atom is 0.335 e. The number of nitrogens with zero attached hydrogens (tertiary/aromatic N) is 3. The summed E-state index contributed by atoms with van der Waals surface area (Å²) in [6, 6.07) is 6.29. The molecule has 3 aromatic rings. The van der Waals surface area contributed by atoms with Crippen molar-refractivity contribution >= 4 is 11.2 Å². The second-order valence-electron chi connectivity index (χ2n) is 5.06. The van der Waals surface area contributed by atoms with E-state index in [0.29, 0.717) is 11.2 Å². The summed E-state index contributed by atoms with van der Waals surface area (Å²) in [6.07, 6.45) is 1.58. The number of rotatable bonds is 2. The summed E-state index contributed by atoms with van der Waals surface area (Å²) in [5.41, 5.74) is 0.780. The Morgan fingerprint density at radius 2 is 1.81 bits per heavy atom. The van der Waals surface area contributed by atoms with E-state index in [4.69, 9.17) is 0 Å². The Hall–Kier alpha value is -2.50. The molecule has 4 nitrogen and oxygen atoms in total. The first-order chi connectivity index (χ1) is 9.99. The smallest absolute Gasteiger partial charge is 0.273 e. The highest BCUT2D eigenvalue weighted by Gasteiger charge is 2.18. The van der Waals surface area contributed by atoms with Crippen molar-refractivity contribution in [3.05, 3.63) is 58.6 Å². The van der Waals surface area contributed by atoms with E-state index in [9.17, 15) is 13.6 Å². The molecule has 0 N–H and O–H groups in total. The van der Waals surface area contributed by atoms with Gasteiger partial charge >= 0.3 is 5.69 Å². The molecule has 0 radical (unpaired) electrons. The van der Waals surface area contributed by atoms with Crippen LogP contribution < -0.4 is 5.69 Å². The van der Waals surface area contributed by atoms with E-state index in [1.165, 1.54) is 9.13 Å². The minimum Gasteiger partial charge on any atom is -0.273 e. The number of imidazole rings is 1. The molecule has 6 heteroatoms. The first kappa shape index (κ1) is 13.5. The molecule has 0 aliphatic rings. The zero-order valence-corrected chi connectivity index (χ0v) is 11.5. The molecule has 2 aromatic heterocycles. The van der Waals surface area contributed by atoms with Crippen molar-refractivity contribution in [2.75, 3.05) is 0 Å². The summed E-state index contributed by atoms with van der Waals surface area (Å²) >= 11 is 0. The van der Waals surface area contributed by atoms with Crippen molar-refractivity contribution in [1.29, 1.82) is 0 Å². The van der Waals surface area contributed by atoms with Gasteiger partial charge in [-0.2, -0.15) is 0 Å². The summed E-state index contributed by atoms with van der Waals surface area (Å²) in [5.74, 6) is -1.46. The quantitative estimate of drug-likeness (QED) is 0.727. The van der Waals surface area contributed by atoms with E-state index < -0.39 is 11.6 Å². The summed E-state index contributed by atoms with van der Waals surface area (Å²) in [7, 11) is 0. The van der Waals surface area contributed by atoms with Crippen LogP contribution in [0.2, 0.25) is 0 Å². The molecule has 0 saturated heterocycles. The molecule has 0 bridgehead atoms. The summed E-state index contributed by atoms with van der Waals surface area (Å²) in [5, 5.41) is 0. The lowest BCUT2D eigenvalue weighted by atomic mass is 10.3. The summed E-state index contributed by atoms with van der Waals surface area (Å²) < 4.78 is 29.6. The second kappa shape index (κ2) is 4.80. The first-order valence-corrected chi connectivity index (χ1v) is 6.53. The Bertz CT molecular complexity index is 860. The van der Waals surface area contributed by atoms with Gasteiger partial charge in [-0.05, 0) is 38.1 Å². The number of hydrogen-bond acceptors (Lipinski definition) is 2. The monoisotopic (exact) mass is 289 g/mol. The summed E-state index contributed by atoms with van der Waals surface area (Å²) in [6.45, 7) is 3.71. The SMILES string of the molecule is CC(C)n1c(=O)n(-c2cc(F)cc(F)c2)c2cccnc21. The lowest BCUT2D eigenvalue weighted by Crippen LogP contribution is -2.24. The Morgan fingerprint density at radius 3 is 2.43 bits per heavy atom. The van der Waals surface area contributed by atoms with Gasteiger partial charge in [-0.25, -0.2) is 18.6 Å². The van der Waals surface area contributed by atoms with Gasteiger partial charge in [0.1, 0.15) is 11.6 Å². The number of aromatic nitrogens is 3. The third-order valence-electron chi connectivity index (χ3n) is 3.25. The van der Waals surface area contributed by atoms with Gasteiger partial charge in [0.15, 0.2) is 5.65 Å². The van der Waals surface area contributed by atoms with Crippen LogP contribution in [0.25, 0.3) is 16.9 Å². The molecule has 0 spiro atoms. The van der Waals surface area contributed by atoms with Crippen LogP contribution in [0.3, 0.4) is 0 Å². The molecule has 1 aromatic carbocycles. The predicted octanol–water partition coefficient (Wildman–Crippen LogP) is 3.05. The van der Waals surface area contributed by atoms with Gasteiger partial charge in [-0.3, -0.25) is 9.13 Å². The molecule has 2 heterocycles. The molecule has 0 atom stereocenters. The zero-order chi connectivity index (χ0) is 15.1. The van der Waals surface area contributed by atoms with E-state index in [-0.39, 0.29) is 17.4 Å². The number of benzene rings is 1. The number of hydrogen-bond donors (Lipinski definition) is 0. The average molecular weight is 289 g/mol. The van der Waals surface area contributed by atoms with Crippen molar-refractivity contribution in [3.63, 3.8) is 0 Å². The molecule has 0 amide bonds. The van der Waals surface area contributed by atoms with Gasteiger partial charge in [0.2, 0.25) is 0 Å². The Balaban J connectivity index is 2.43. The largest absolute Gasteiger partial charge is 0.335 e. The van der Waals surface area contributed by atoms with E-state index >= 15 is 0 Å². The highest BCUT2D eigenvalue weighted by Crippen LogP contribution is 2.19. The molecular weight excluding hydrogens is 276 g/mol. The van der Waals surface area contributed by atoms with Crippen molar-refractivity contribution in [3.8, 4) is 5.69 Å². The van der Waals surface area contributed by atoms with Crippen LogP contribution >= 0.6 is 0 Å². The minimum atomic E-state index is -0.730. The maximum atomic E-state index is 13.4. The van der Waals surface area contributed by atoms with Crippen molar-refractivity contribution < 1.29 is 8.78 Å². The topological polar surface area (TPSA) is 39.8 Å². The van der Waals surface area contributed by atoms with Gasteiger partial charge < -0.3 is 0 Å². The minimum absolute atomic E-state index is 0.116. The normalized spacial score (nSPS) is 11.5. The van der Waals surface area contributed by atoms with Crippen LogP contribution in [0.15, 0.2) is 41.3 Å². The van der Waals surface area contributed by atoms with Gasteiger partial charge in [0.25, 0.3) is 0 Å². The predicted molar refractivity (Wildman–Crippen MR) is 75.6 cm³/mol. The van der Waals surface area contributed by atoms with Gasteiger partial charge in [-0.1, -0.05) is 0 Å². The number of pyridine rings is 1. The Labute approximate surface area is 119 Å². The van der Waals surface area contributed by atoms with Crippen molar-refractivity contribution in [2.45, 2.75) is 19.9 Å². The fourth-order valence-corrected chi connectivity index (χ4v) is 2.43. The molecule has 3 rings (SSSR count). The third-order valence-corrected chi connectivity index (χ3v) is 3.25. The maximum absolute atomic E-state index is 13.4. The molecule has 0 fully saturated rings. The standard InChI is InChI=1S/C15H13F2N3O/c1-9(2)19-14-13(4-3-5-18-14)20(15(19)21)12-7-10(16)6-11(17)8-12/h3-9H,1-2H3. The molecule has 0 aliphatic carbocycles. The summed E-state index contributed by atoms with van der Waals surface area (Å²) in [4.78, 5) is 16.8. The molecule has 108 valence electrons. The number of halogens is 2. The van der Waals surface area contributed by atoms with Crippen LogP contribution in [0.4, 0.5) is 8.78 Å². The Morgan fingerprint density at radius 1 is 1.14 bits per heavy atom. The second-order valence-corrected chi connectivity index (χ2v) is 5.06. The molecule has 0 saturated carbocycles. The van der Waals surface area contributed by atoms with E-state index in [1.807, 2.05) is 13.8 Å². The van der Waals surface area contributed by atoms with Crippen LogP contribution in [0, 0.1) is 11.6 Å². The van der Waals surface area contributed by atoms with Gasteiger partial charge in [0, 0.05) is 18.3 Å². The lowest BCUT2D eigenvalue weighted by molar-refractivity contribution is 0.575. The lowest BCUT2D eigenvalue weighted by Gasteiger charge is -2.05. The molecule has 0 unspecified atom stereocenters. The fraction of sp³-hybridized carbons (Fsp3) is 0.200. The van der Waals surface area contributed by atoms with Crippen LogP contribution in [-0.2, 0) is 0 Å².